The van der Waals surface area contributed by atoms with Crippen LogP contribution in [-0.2, 0) is 14.3 Å². The highest BCUT2D eigenvalue weighted by atomic mass is 35.5. The highest BCUT2D eigenvalue weighted by Crippen LogP contribution is 2.24. The highest BCUT2D eigenvalue weighted by Gasteiger charge is 2.23. The molecule has 6 heteroatoms. The van der Waals surface area contributed by atoms with Crippen LogP contribution in [0.25, 0.3) is 0 Å². The van der Waals surface area contributed by atoms with E-state index in [-0.39, 0.29) is 23.5 Å². The van der Waals surface area contributed by atoms with Crippen LogP contribution in [0.5, 0.6) is 0 Å². The SMILES string of the molecule is N#Cc1ccc(NC(=O)COC(=O)C2CCCCC2)cc1Cl. The number of rotatable bonds is 4. The van der Waals surface area contributed by atoms with E-state index >= 15 is 0 Å². The van der Waals surface area contributed by atoms with Gasteiger partial charge < -0.3 is 10.1 Å². The molecule has 1 fully saturated rings. The zero-order chi connectivity index (χ0) is 15.9. The fraction of sp³-hybridized carbons (Fsp3) is 0.438. The second-order valence-electron chi connectivity index (χ2n) is 5.30. The third kappa shape index (κ3) is 4.47. The Balaban J connectivity index is 1.81. The van der Waals surface area contributed by atoms with Gasteiger partial charge in [-0.05, 0) is 31.0 Å². The molecule has 1 N–H and O–H groups in total. The Morgan fingerprint density at radius 2 is 2.05 bits per heavy atom. The van der Waals surface area contributed by atoms with Gasteiger partial charge in [0.2, 0.25) is 0 Å². The number of ether oxygens (including phenoxy) is 1. The van der Waals surface area contributed by atoms with Gasteiger partial charge in [0.1, 0.15) is 6.07 Å². The van der Waals surface area contributed by atoms with Gasteiger partial charge in [0.25, 0.3) is 5.91 Å². The van der Waals surface area contributed by atoms with Crippen LogP contribution in [0.3, 0.4) is 0 Å². The summed E-state index contributed by atoms with van der Waals surface area (Å²) in [6.45, 7) is -0.313. The van der Waals surface area contributed by atoms with Crippen LogP contribution >= 0.6 is 11.6 Å². The Kier molecular flexibility index (Phi) is 5.79. The summed E-state index contributed by atoms with van der Waals surface area (Å²) in [7, 11) is 0. The number of nitrogens with zero attached hydrogens (tertiary/aromatic N) is 1. The monoisotopic (exact) mass is 320 g/mol. The summed E-state index contributed by atoms with van der Waals surface area (Å²) in [5, 5.41) is 11.6. The minimum Gasteiger partial charge on any atom is -0.455 e. The number of halogens is 1. The lowest BCUT2D eigenvalue weighted by Crippen LogP contribution is -2.26. The van der Waals surface area contributed by atoms with Crippen molar-refractivity contribution in [1.29, 1.82) is 5.26 Å². The maximum absolute atomic E-state index is 11.8. The van der Waals surface area contributed by atoms with Crippen LogP contribution in [0, 0.1) is 17.2 Å². The van der Waals surface area contributed by atoms with Crippen molar-refractivity contribution in [2.24, 2.45) is 5.92 Å². The Hall–Kier alpha value is -2.06. The van der Waals surface area contributed by atoms with Crippen molar-refractivity contribution in [3.63, 3.8) is 0 Å². The minimum absolute atomic E-state index is 0.0779. The highest BCUT2D eigenvalue weighted by molar-refractivity contribution is 6.32. The summed E-state index contributed by atoms with van der Waals surface area (Å²) >= 11 is 5.88. The van der Waals surface area contributed by atoms with E-state index in [2.05, 4.69) is 5.32 Å². The largest absolute Gasteiger partial charge is 0.455 e. The molecule has 0 spiro atoms. The quantitative estimate of drug-likeness (QED) is 0.863. The fourth-order valence-electron chi connectivity index (χ4n) is 2.47. The molecule has 0 aliphatic heterocycles. The van der Waals surface area contributed by atoms with E-state index in [1.54, 1.807) is 6.07 Å². The van der Waals surface area contributed by atoms with Gasteiger partial charge in [0, 0.05) is 5.69 Å². The molecular formula is C16H17ClN2O3. The van der Waals surface area contributed by atoms with Gasteiger partial charge in [0.15, 0.2) is 6.61 Å². The molecule has 0 atom stereocenters. The molecule has 0 bridgehead atoms. The zero-order valence-corrected chi connectivity index (χ0v) is 12.9. The summed E-state index contributed by atoms with van der Waals surface area (Å²) < 4.78 is 5.05. The van der Waals surface area contributed by atoms with Gasteiger partial charge in [-0.2, -0.15) is 5.26 Å². The number of carbonyl (C=O) groups is 2. The third-order valence-electron chi connectivity index (χ3n) is 3.66. The fourth-order valence-corrected chi connectivity index (χ4v) is 2.70. The van der Waals surface area contributed by atoms with E-state index in [1.165, 1.54) is 12.1 Å². The van der Waals surface area contributed by atoms with E-state index in [9.17, 15) is 9.59 Å². The molecule has 0 unspecified atom stereocenters. The lowest BCUT2D eigenvalue weighted by molar-refractivity contribution is -0.152. The number of hydrogen-bond acceptors (Lipinski definition) is 4. The zero-order valence-electron chi connectivity index (χ0n) is 12.1. The average molecular weight is 321 g/mol. The molecule has 22 heavy (non-hydrogen) atoms. The molecule has 1 aromatic rings. The standard InChI is InChI=1S/C16H17ClN2O3/c17-14-8-13(7-6-12(14)9-18)19-15(20)10-22-16(21)11-4-2-1-3-5-11/h6-8,11H,1-5,10H2,(H,19,20). The third-order valence-corrected chi connectivity index (χ3v) is 3.97. The Morgan fingerprint density at radius 1 is 1.32 bits per heavy atom. The van der Waals surface area contributed by atoms with Crippen molar-refractivity contribution < 1.29 is 14.3 Å². The maximum Gasteiger partial charge on any atom is 0.309 e. The molecule has 1 aliphatic carbocycles. The summed E-state index contributed by atoms with van der Waals surface area (Å²) in [4.78, 5) is 23.6. The Labute approximate surface area is 134 Å². The first kappa shape index (κ1) is 16.3. The molecule has 0 saturated heterocycles. The first-order valence-corrected chi connectivity index (χ1v) is 7.64. The summed E-state index contributed by atoms with van der Waals surface area (Å²) in [6, 6.07) is 6.52. The molecule has 116 valence electrons. The number of carbonyl (C=O) groups excluding carboxylic acids is 2. The van der Waals surface area contributed by atoms with E-state index in [1.807, 2.05) is 6.07 Å². The lowest BCUT2D eigenvalue weighted by atomic mass is 9.89. The van der Waals surface area contributed by atoms with Crippen molar-refractivity contribution >= 4 is 29.2 Å². The van der Waals surface area contributed by atoms with E-state index < -0.39 is 5.91 Å². The second kappa shape index (κ2) is 7.81. The predicted octanol–water partition coefficient (Wildman–Crippen LogP) is 3.27. The molecule has 0 aromatic heterocycles. The number of nitrogens with one attached hydrogen (secondary N) is 1. The minimum atomic E-state index is -0.426. The van der Waals surface area contributed by atoms with Crippen molar-refractivity contribution in [2.75, 3.05) is 11.9 Å². The first-order valence-electron chi connectivity index (χ1n) is 7.26. The van der Waals surface area contributed by atoms with Gasteiger partial charge >= 0.3 is 5.97 Å². The molecule has 1 saturated carbocycles. The Bertz CT molecular complexity index is 604. The van der Waals surface area contributed by atoms with Gasteiger partial charge in [-0.3, -0.25) is 9.59 Å². The molecule has 0 heterocycles. The summed E-state index contributed by atoms with van der Waals surface area (Å²) in [6.07, 6.45) is 4.91. The average Bonchev–Trinajstić information content (AvgIpc) is 2.53. The molecule has 2 rings (SSSR count). The van der Waals surface area contributed by atoms with Gasteiger partial charge in [0.05, 0.1) is 16.5 Å². The van der Waals surface area contributed by atoms with Gasteiger partial charge in [-0.1, -0.05) is 30.9 Å². The number of amides is 1. The van der Waals surface area contributed by atoms with Crippen molar-refractivity contribution in [3.8, 4) is 6.07 Å². The van der Waals surface area contributed by atoms with E-state index in [4.69, 9.17) is 21.6 Å². The van der Waals surface area contributed by atoms with Crippen LogP contribution in [0.1, 0.15) is 37.7 Å². The summed E-state index contributed by atoms with van der Waals surface area (Å²) in [5.74, 6) is -0.802. The lowest BCUT2D eigenvalue weighted by Gasteiger charge is -2.19. The molecule has 1 aromatic carbocycles. The molecule has 0 radical (unpaired) electrons. The van der Waals surface area contributed by atoms with E-state index in [0.29, 0.717) is 11.3 Å². The number of esters is 1. The molecule has 5 nitrogen and oxygen atoms in total. The number of benzene rings is 1. The molecule has 1 aliphatic rings. The molecular weight excluding hydrogens is 304 g/mol. The van der Waals surface area contributed by atoms with Crippen LogP contribution < -0.4 is 5.32 Å². The topological polar surface area (TPSA) is 79.2 Å². The van der Waals surface area contributed by atoms with Crippen molar-refractivity contribution in [3.05, 3.63) is 28.8 Å². The predicted molar refractivity (Wildman–Crippen MR) is 82.3 cm³/mol. The first-order chi connectivity index (χ1) is 10.6. The number of anilines is 1. The van der Waals surface area contributed by atoms with Gasteiger partial charge in [-0.15, -0.1) is 0 Å². The summed E-state index contributed by atoms with van der Waals surface area (Å²) in [5.41, 5.74) is 0.797. The van der Waals surface area contributed by atoms with Crippen LogP contribution in [-0.4, -0.2) is 18.5 Å². The second-order valence-corrected chi connectivity index (χ2v) is 5.70. The Morgan fingerprint density at radius 3 is 2.68 bits per heavy atom. The van der Waals surface area contributed by atoms with Crippen LogP contribution in [0.15, 0.2) is 18.2 Å². The van der Waals surface area contributed by atoms with Crippen molar-refractivity contribution in [1.82, 2.24) is 0 Å². The number of hydrogen-bond donors (Lipinski definition) is 1. The van der Waals surface area contributed by atoms with Crippen LogP contribution in [0.2, 0.25) is 5.02 Å². The van der Waals surface area contributed by atoms with Crippen molar-refractivity contribution in [2.45, 2.75) is 32.1 Å². The number of nitriles is 1. The maximum atomic E-state index is 11.8. The smallest absolute Gasteiger partial charge is 0.309 e. The normalized spacial score (nSPS) is 14.9. The van der Waals surface area contributed by atoms with E-state index in [0.717, 1.165) is 32.1 Å². The van der Waals surface area contributed by atoms with Crippen LogP contribution in [0.4, 0.5) is 5.69 Å². The molecule has 1 amide bonds. The van der Waals surface area contributed by atoms with Gasteiger partial charge in [-0.25, -0.2) is 0 Å².